The summed E-state index contributed by atoms with van der Waals surface area (Å²) in [5.74, 6) is -0.577. The second-order valence-corrected chi connectivity index (χ2v) is 6.00. The van der Waals surface area contributed by atoms with Crippen molar-refractivity contribution >= 4 is 29.1 Å². The van der Waals surface area contributed by atoms with Gasteiger partial charge in [0.05, 0.1) is 17.4 Å². The van der Waals surface area contributed by atoms with Gasteiger partial charge in [0, 0.05) is 11.0 Å². The Morgan fingerprint density at radius 3 is 2.32 bits per heavy atom. The highest BCUT2D eigenvalue weighted by molar-refractivity contribution is 8.01. The number of carboxylic acid groups (broad SMARTS) is 1. The van der Waals surface area contributed by atoms with Gasteiger partial charge in [-0.15, -0.1) is 11.8 Å². The number of carbonyl (C=O) groups is 1. The van der Waals surface area contributed by atoms with Gasteiger partial charge in [0.2, 0.25) is 0 Å². The van der Waals surface area contributed by atoms with Crippen LogP contribution in [0.5, 0.6) is 0 Å². The minimum atomic E-state index is -1.06. The van der Waals surface area contributed by atoms with E-state index in [1.807, 2.05) is 60.7 Å². The number of rotatable bonds is 7. The molecule has 1 unspecified atom stereocenters. The molecule has 0 aromatic heterocycles. The third-order valence-electron chi connectivity index (χ3n) is 3.00. The lowest BCUT2D eigenvalue weighted by Gasteiger charge is -2.13. The second kappa shape index (κ2) is 8.24. The van der Waals surface area contributed by atoms with E-state index < -0.39 is 11.2 Å². The first kappa shape index (κ1) is 16.1. The normalized spacial score (nSPS) is 12.7. The predicted octanol–water partition coefficient (Wildman–Crippen LogP) is 2.37. The number of nitrogens with one attached hydrogen (secondary N) is 1. The lowest BCUT2D eigenvalue weighted by atomic mass is 10.1. The summed E-state index contributed by atoms with van der Waals surface area (Å²) in [6.45, 7) is 1.62. The molecule has 114 valence electrons. The zero-order chi connectivity index (χ0) is 15.8. The first-order valence-corrected chi connectivity index (χ1v) is 7.97. The van der Waals surface area contributed by atoms with Gasteiger partial charge in [-0.05, 0) is 24.6 Å². The Morgan fingerprint density at radius 2 is 1.73 bits per heavy atom. The molecular formula is C17H17N2O2S-. The monoisotopic (exact) mass is 313 g/mol. The average Bonchev–Trinajstić information content (AvgIpc) is 2.56. The first-order chi connectivity index (χ1) is 10.7. The van der Waals surface area contributed by atoms with E-state index in [0.29, 0.717) is 5.75 Å². The highest BCUT2D eigenvalue weighted by Crippen LogP contribution is 2.14. The van der Waals surface area contributed by atoms with Crippen LogP contribution in [-0.2, 0) is 4.79 Å². The molecule has 0 bridgehead atoms. The number of hydrogen-bond acceptors (Lipinski definition) is 5. The van der Waals surface area contributed by atoms with Crippen LogP contribution in [0.3, 0.4) is 0 Å². The molecule has 0 radical (unpaired) electrons. The number of nitrogens with zero attached hydrogens (tertiary/aromatic N) is 1. The second-order valence-electron chi connectivity index (χ2n) is 4.67. The van der Waals surface area contributed by atoms with E-state index in [9.17, 15) is 9.90 Å². The van der Waals surface area contributed by atoms with Crippen LogP contribution >= 0.6 is 11.8 Å². The van der Waals surface area contributed by atoms with Crippen molar-refractivity contribution in [1.29, 1.82) is 0 Å². The summed E-state index contributed by atoms with van der Waals surface area (Å²) in [4.78, 5) is 10.8. The molecule has 2 aromatic carbocycles. The molecular weight excluding hydrogens is 296 g/mol. The van der Waals surface area contributed by atoms with E-state index in [0.717, 1.165) is 17.0 Å². The number of hydrazone groups is 1. The largest absolute Gasteiger partial charge is 0.549 e. The Balaban J connectivity index is 2.13. The molecule has 0 aliphatic carbocycles. The molecule has 1 N–H and O–H groups in total. The molecule has 4 nitrogen and oxygen atoms in total. The highest BCUT2D eigenvalue weighted by Gasteiger charge is 2.09. The van der Waals surface area contributed by atoms with Gasteiger partial charge in [0.25, 0.3) is 0 Å². The van der Waals surface area contributed by atoms with E-state index in [2.05, 4.69) is 10.5 Å². The Morgan fingerprint density at radius 1 is 1.14 bits per heavy atom. The molecule has 0 aliphatic heterocycles. The lowest BCUT2D eigenvalue weighted by molar-refractivity contribution is -0.304. The van der Waals surface area contributed by atoms with Crippen molar-refractivity contribution in [3.05, 3.63) is 66.2 Å². The summed E-state index contributed by atoms with van der Waals surface area (Å²) < 4.78 is 0. The molecule has 0 fully saturated rings. The Kier molecular flexibility index (Phi) is 6.03. The summed E-state index contributed by atoms with van der Waals surface area (Å²) in [5.41, 5.74) is 5.65. The van der Waals surface area contributed by atoms with Crippen LogP contribution in [0.1, 0.15) is 12.5 Å². The maximum absolute atomic E-state index is 10.8. The molecule has 2 rings (SSSR count). The van der Waals surface area contributed by atoms with Crippen molar-refractivity contribution in [3.8, 4) is 0 Å². The van der Waals surface area contributed by atoms with Crippen molar-refractivity contribution in [3.63, 3.8) is 0 Å². The fraction of sp³-hybridized carbons (Fsp3) is 0.176. The summed E-state index contributed by atoms with van der Waals surface area (Å²) >= 11 is 1.29. The minimum absolute atomic E-state index is 0.485. The molecule has 0 spiro atoms. The van der Waals surface area contributed by atoms with Crippen LogP contribution in [0, 0.1) is 0 Å². The lowest BCUT2D eigenvalue weighted by Crippen LogP contribution is -2.32. The van der Waals surface area contributed by atoms with Gasteiger partial charge in [-0.2, -0.15) is 5.10 Å². The molecule has 1 atom stereocenters. The standard InChI is InChI=1S/C17H18N2O2S/c1-13(17(20)21)22-12-16(14-8-4-2-5-9-14)19-18-15-10-6-3-7-11-15/h2-11,13,18H,12H2,1H3,(H,20,21)/p-1. The molecule has 0 aliphatic rings. The smallest absolute Gasteiger partial charge is 0.0778 e. The minimum Gasteiger partial charge on any atom is -0.549 e. The Bertz CT molecular complexity index is 630. The van der Waals surface area contributed by atoms with Gasteiger partial charge in [0.15, 0.2) is 0 Å². The van der Waals surface area contributed by atoms with Gasteiger partial charge in [0.1, 0.15) is 0 Å². The molecule has 2 aromatic rings. The van der Waals surface area contributed by atoms with E-state index >= 15 is 0 Å². The number of hydrogen-bond donors (Lipinski definition) is 1. The molecule has 0 saturated heterocycles. The maximum Gasteiger partial charge on any atom is 0.0778 e. The quantitative estimate of drug-likeness (QED) is 0.629. The molecule has 5 heteroatoms. The van der Waals surface area contributed by atoms with Crippen molar-refractivity contribution < 1.29 is 9.90 Å². The molecule has 0 saturated carbocycles. The van der Waals surface area contributed by atoms with Crippen LogP contribution in [0.2, 0.25) is 0 Å². The number of carbonyl (C=O) groups excluding carboxylic acids is 1. The van der Waals surface area contributed by atoms with E-state index in [-0.39, 0.29) is 0 Å². The Labute approximate surface area is 134 Å². The summed E-state index contributed by atoms with van der Waals surface area (Å²) in [6.07, 6.45) is 0. The van der Waals surface area contributed by atoms with E-state index in [4.69, 9.17) is 0 Å². The van der Waals surface area contributed by atoms with Crippen LogP contribution in [0.25, 0.3) is 0 Å². The first-order valence-electron chi connectivity index (χ1n) is 6.92. The van der Waals surface area contributed by atoms with Crippen molar-refractivity contribution in [2.75, 3.05) is 11.2 Å². The third kappa shape index (κ3) is 4.93. The van der Waals surface area contributed by atoms with Crippen molar-refractivity contribution in [2.45, 2.75) is 12.2 Å². The summed E-state index contributed by atoms with van der Waals surface area (Å²) in [7, 11) is 0. The number of benzene rings is 2. The van der Waals surface area contributed by atoms with Crippen molar-refractivity contribution in [2.24, 2.45) is 5.10 Å². The van der Waals surface area contributed by atoms with Crippen LogP contribution in [0.15, 0.2) is 65.8 Å². The predicted molar refractivity (Wildman–Crippen MR) is 90.0 cm³/mol. The van der Waals surface area contributed by atoms with Crippen LogP contribution in [0.4, 0.5) is 5.69 Å². The van der Waals surface area contributed by atoms with E-state index in [1.165, 1.54) is 11.8 Å². The van der Waals surface area contributed by atoms with Gasteiger partial charge in [-0.25, -0.2) is 0 Å². The summed E-state index contributed by atoms with van der Waals surface area (Å²) in [6, 6.07) is 19.3. The van der Waals surface area contributed by atoms with E-state index in [1.54, 1.807) is 6.92 Å². The maximum atomic E-state index is 10.8. The Hall–Kier alpha value is -2.27. The van der Waals surface area contributed by atoms with Crippen LogP contribution in [-0.4, -0.2) is 22.7 Å². The fourth-order valence-electron chi connectivity index (χ4n) is 1.73. The van der Waals surface area contributed by atoms with Crippen molar-refractivity contribution in [1.82, 2.24) is 0 Å². The molecule has 0 amide bonds. The number of thioether (sulfide) groups is 1. The zero-order valence-corrected chi connectivity index (χ0v) is 13.0. The highest BCUT2D eigenvalue weighted by atomic mass is 32.2. The summed E-state index contributed by atoms with van der Waals surface area (Å²) in [5, 5.41) is 14.7. The zero-order valence-electron chi connectivity index (χ0n) is 12.2. The van der Waals surface area contributed by atoms with Gasteiger partial charge in [-0.1, -0.05) is 48.5 Å². The topological polar surface area (TPSA) is 64.5 Å². The SMILES string of the molecule is CC(SCC(=NNc1ccccc1)c1ccccc1)C(=O)[O-]. The van der Waals surface area contributed by atoms with Crippen LogP contribution < -0.4 is 10.5 Å². The number of para-hydroxylation sites is 1. The van der Waals surface area contributed by atoms with Gasteiger partial charge < -0.3 is 9.90 Å². The third-order valence-corrected chi connectivity index (χ3v) is 4.14. The average molecular weight is 313 g/mol. The fourth-order valence-corrected chi connectivity index (χ4v) is 2.50. The molecule has 22 heavy (non-hydrogen) atoms. The number of carboxylic acids is 1. The number of aliphatic carboxylic acids is 1. The molecule has 0 heterocycles. The van der Waals surface area contributed by atoms with Gasteiger partial charge in [-0.3, -0.25) is 5.43 Å². The number of anilines is 1. The van der Waals surface area contributed by atoms with Gasteiger partial charge >= 0.3 is 0 Å².